The highest BCUT2D eigenvalue weighted by atomic mass is 79.9. The minimum Gasteiger partial charge on any atom is -0.454 e. The van der Waals surface area contributed by atoms with Crippen molar-refractivity contribution in [3.63, 3.8) is 0 Å². The SMILES string of the molecule is O=C1C[C@@H]2CCC[C@@H](Br)[C@@H]2N1Cc1cc2c(cc1Br)OCO2. The van der Waals surface area contributed by atoms with Gasteiger partial charge in [-0.15, -0.1) is 0 Å². The molecule has 22 heavy (non-hydrogen) atoms. The summed E-state index contributed by atoms with van der Waals surface area (Å²) < 4.78 is 11.8. The zero-order valence-electron chi connectivity index (χ0n) is 12.1. The van der Waals surface area contributed by atoms with Gasteiger partial charge in [0.25, 0.3) is 0 Å². The predicted molar refractivity (Wildman–Crippen MR) is 89.3 cm³/mol. The number of fused-ring (bicyclic) bond motifs is 2. The summed E-state index contributed by atoms with van der Waals surface area (Å²) in [5, 5.41) is 0. The summed E-state index contributed by atoms with van der Waals surface area (Å²) in [5.41, 5.74) is 1.07. The van der Waals surface area contributed by atoms with E-state index < -0.39 is 0 Å². The van der Waals surface area contributed by atoms with Crippen LogP contribution in [0.15, 0.2) is 16.6 Å². The van der Waals surface area contributed by atoms with Crippen LogP contribution in [0.1, 0.15) is 31.2 Å². The molecular weight excluding hydrogens is 414 g/mol. The summed E-state index contributed by atoms with van der Waals surface area (Å²) in [7, 11) is 0. The summed E-state index contributed by atoms with van der Waals surface area (Å²) in [6.07, 6.45) is 4.21. The fraction of sp³-hybridized carbons (Fsp3) is 0.562. The van der Waals surface area contributed by atoms with Gasteiger partial charge in [0.05, 0.1) is 0 Å². The van der Waals surface area contributed by atoms with Gasteiger partial charge in [0, 0.05) is 28.3 Å². The molecule has 4 rings (SSSR count). The molecule has 1 aromatic carbocycles. The van der Waals surface area contributed by atoms with Gasteiger partial charge in [-0.2, -0.15) is 0 Å². The van der Waals surface area contributed by atoms with Crippen LogP contribution >= 0.6 is 31.9 Å². The van der Waals surface area contributed by atoms with Crippen LogP contribution in [0, 0.1) is 5.92 Å². The highest BCUT2D eigenvalue weighted by Gasteiger charge is 2.45. The number of ether oxygens (including phenoxy) is 2. The van der Waals surface area contributed by atoms with Crippen molar-refractivity contribution in [2.75, 3.05) is 6.79 Å². The Morgan fingerprint density at radius 1 is 1.23 bits per heavy atom. The lowest BCUT2D eigenvalue weighted by molar-refractivity contribution is -0.129. The molecular formula is C16H17Br2NO3. The molecule has 2 heterocycles. The summed E-state index contributed by atoms with van der Waals surface area (Å²) >= 11 is 7.39. The first kappa shape index (κ1) is 14.8. The van der Waals surface area contributed by atoms with Crippen molar-refractivity contribution >= 4 is 37.8 Å². The van der Waals surface area contributed by atoms with Crippen molar-refractivity contribution in [1.29, 1.82) is 0 Å². The largest absolute Gasteiger partial charge is 0.454 e. The van der Waals surface area contributed by atoms with Gasteiger partial charge in [0.15, 0.2) is 11.5 Å². The lowest BCUT2D eigenvalue weighted by Crippen LogP contribution is -2.43. The van der Waals surface area contributed by atoms with Gasteiger partial charge >= 0.3 is 0 Å². The maximum absolute atomic E-state index is 12.5. The number of rotatable bonds is 2. The number of amides is 1. The zero-order valence-corrected chi connectivity index (χ0v) is 15.2. The summed E-state index contributed by atoms with van der Waals surface area (Å²) in [5.74, 6) is 2.29. The number of likely N-dealkylation sites (tertiary alicyclic amines) is 1. The average Bonchev–Trinajstić information content (AvgIpc) is 3.04. The lowest BCUT2D eigenvalue weighted by Gasteiger charge is -2.35. The monoisotopic (exact) mass is 429 g/mol. The van der Waals surface area contributed by atoms with E-state index in [9.17, 15) is 4.79 Å². The Kier molecular flexibility index (Phi) is 3.85. The molecule has 3 atom stereocenters. The summed E-state index contributed by atoms with van der Waals surface area (Å²) in [4.78, 5) is 14.9. The smallest absolute Gasteiger partial charge is 0.231 e. The first-order chi connectivity index (χ1) is 10.6. The Labute approximate surface area is 146 Å². The number of nitrogens with zero attached hydrogens (tertiary/aromatic N) is 1. The third kappa shape index (κ3) is 2.44. The van der Waals surface area contributed by atoms with Gasteiger partial charge in [-0.3, -0.25) is 4.79 Å². The second-order valence-electron chi connectivity index (χ2n) is 6.22. The van der Waals surface area contributed by atoms with Gasteiger partial charge in [-0.25, -0.2) is 0 Å². The Hall–Kier alpha value is -0.750. The topological polar surface area (TPSA) is 38.8 Å². The Balaban J connectivity index is 1.61. The van der Waals surface area contributed by atoms with Gasteiger partial charge in [-0.1, -0.05) is 38.3 Å². The Bertz CT molecular complexity index is 622. The van der Waals surface area contributed by atoms with E-state index in [0.29, 0.717) is 29.8 Å². The molecule has 0 unspecified atom stereocenters. The minimum absolute atomic E-state index is 0.266. The van der Waals surface area contributed by atoms with E-state index in [0.717, 1.165) is 34.4 Å². The maximum Gasteiger partial charge on any atom is 0.231 e. The number of halogens is 2. The predicted octanol–water partition coefficient (Wildman–Crippen LogP) is 3.84. The highest BCUT2D eigenvalue weighted by Crippen LogP contribution is 2.42. The van der Waals surface area contributed by atoms with Crippen LogP contribution in [0.3, 0.4) is 0 Å². The molecule has 1 amide bonds. The van der Waals surface area contributed by atoms with Crippen molar-refractivity contribution in [3.05, 3.63) is 22.2 Å². The van der Waals surface area contributed by atoms with E-state index >= 15 is 0 Å². The van der Waals surface area contributed by atoms with Crippen molar-refractivity contribution in [1.82, 2.24) is 4.90 Å². The van der Waals surface area contributed by atoms with E-state index in [1.165, 1.54) is 6.42 Å². The van der Waals surface area contributed by atoms with Crippen LogP contribution in [0.2, 0.25) is 0 Å². The molecule has 0 bridgehead atoms. The third-order valence-corrected chi connectivity index (χ3v) is 6.65. The van der Waals surface area contributed by atoms with Crippen LogP contribution in [0.5, 0.6) is 11.5 Å². The molecule has 0 aromatic heterocycles. The number of carbonyl (C=O) groups excluding carboxylic acids is 1. The maximum atomic E-state index is 12.5. The Morgan fingerprint density at radius 2 is 2.00 bits per heavy atom. The average molecular weight is 431 g/mol. The van der Waals surface area contributed by atoms with Crippen molar-refractivity contribution < 1.29 is 14.3 Å². The van der Waals surface area contributed by atoms with Crippen LogP contribution in [-0.2, 0) is 11.3 Å². The van der Waals surface area contributed by atoms with Gasteiger partial charge in [0.2, 0.25) is 12.7 Å². The van der Waals surface area contributed by atoms with E-state index in [1.54, 1.807) is 0 Å². The van der Waals surface area contributed by atoms with Crippen LogP contribution in [0.4, 0.5) is 0 Å². The molecule has 0 spiro atoms. The molecule has 2 aliphatic heterocycles. The van der Waals surface area contributed by atoms with Crippen LogP contribution in [0.25, 0.3) is 0 Å². The zero-order chi connectivity index (χ0) is 15.3. The first-order valence-electron chi connectivity index (χ1n) is 7.65. The van der Waals surface area contributed by atoms with Crippen LogP contribution in [-0.4, -0.2) is 28.5 Å². The minimum atomic E-state index is 0.266. The number of alkyl halides is 1. The Morgan fingerprint density at radius 3 is 2.82 bits per heavy atom. The summed E-state index contributed by atoms with van der Waals surface area (Å²) in [6.45, 7) is 0.890. The molecule has 1 saturated carbocycles. The number of benzene rings is 1. The van der Waals surface area contributed by atoms with Gasteiger partial charge in [0.1, 0.15) is 0 Å². The van der Waals surface area contributed by atoms with E-state index in [2.05, 4.69) is 31.9 Å². The molecule has 1 saturated heterocycles. The number of hydrogen-bond donors (Lipinski definition) is 0. The van der Waals surface area contributed by atoms with Gasteiger partial charge < -0.3 is 14.4 Å². The molecule has 118 valence electrons. The highest BCUT2D eigenvalue weighted by molar-refractivity contribution is 9.10. The quantitative estimate of drug-likeness (QED) is 0.669. The van der Waals surface area contributed by atoms with E-state index in [4.69, 9.17) is 9.47 Å². The molecule has 3 aliphatic rings. The van der Waals surface area contributed by atoms with Crippen molar-refractivity contribution in [2.45, 2.75) is 43.1 Å². The fourth-order valence-electron chi connectivity index (χ4n) is 3.85. The number of hydrogen-bond acceptors (Lipinski definition) is 3. The molecule has 0 N–H and O–H groups in total. The fourth-order valence-corrected chi connectivity index (χ4v) is 5.34. The number of carbonyl (C=O) groups is 1. The molecule has 0 radical (unpaired) electrons. The van der Waals surface area contributed by atoms with E-state index in [-0.39, 0.29) is 12.7 Å². The standard InChI is InChI=1S/C16H17Br2NO3/c17-11-3-1-2-9-5-15(20)19(16(9)11)7-10-4-13-14(6-12(10)18)22-8-21-13/h4,6,9,11,16H,1-3,5,7-8H2/t9-,11+,16+/m0/s1. The third-order valence-electron chi connectivity index (χ3n) is 4.91. The molecule has 1 aromatic rings. The van der Waals surface area contributed by atoms with Gasteiger partial charge in [-0.05, 0) is 36.5 Å². The lowest BCUT2D eigenvalue weighted by atomic mass is 9.85. The molecule has 2 fully saturated rings. The normalized spacial score (nSPS) is 29.8. The molecule has 6 heteroatoms. The second-order valence-corrected chi connectivity index (χ2v) is 8.25. The summed E-state index contributed by atoms with van der Waals surface area (Å²) in [6, 6.07) is 4.24. The molecule has 4 nitrogen and oxygen atoms in total. The first-order valence-corrected chi connectivity index (χ1v) is 9.36. The van der Waals surface area contributed by atoms with Crippen molar-refractivity contribution in [2.24, 2.45) is 5.92 Å². The molecule has 1 aliphatic carbocycles. The van der Waals surface area contributed by atoms with Crippen LogP contribution < -0.4 is 9.47 Å². The second kappa shape index (κ2) is 5.71. The van der Waals surface area contributed by atoms with Crippen molar-refractivity contribution in [3.8, 4) is 11.5 Å². The van der Waals surface area contributed by atoms with E-state index in [1.807, 2.05) is 17.0 Å².